The van der Waals surface area contributed by atoms with Crippen LogP contribution >= 0.6 is 11.6 Å². The molecular weight excluding hydrogens is 380 g/mol. The monoisotopic (exact) mass is 400 g/mol. The van der Waals surface area contributed by atoms with Gasteiger partial charge in [-0.1, -0.05) is 17.7 Å². The van der Waals surface area contributed by atoms with Gasteiger partial charge in [-0.15, -0.1) is 0 Å². The number of urea groups is 1. The van der Waals surface area contributed by atoms with Crippen LogP contribution in [0.3, 0.4) is 0 Å². The quantitative estimate of drug-likeness (QED) is 0.655. The van der Waals surface area contributed by atoms with Crippen LogP contribution in [-0.4, -0.2) is 29.8 Å². The van der Waals surface area contributed by atoms with Gasteiger partial charge in [-0.05, 0) is 35.9 Å². The van der Waals surface area contributed by atoms with Crippen molar-refractivity contribution in [1.82, 2.24) is 14.9 Å². The zero-order valence-electron chi connectivity index (χ0n) is 15.8. The maximum absolute atomic E-state index is 12.7. The highest BCUT2D eigenvalue weighted by atomic mass is 35.5. The van der Waals surface area contributed by atoms with E-state index < -0.39 is 12.1 Å². The van der Waals surface area contributed by atoms with Crippen LogP contribution in [0.25, 0.3) is 0 Å². The number of aromatic nitrogens is 2. The Bertz CT molecular complexity index is 951. The molecule has 1 heterocycles. The molecule has 0 saturated carbocycles. The number of rotatable bonds is 6. The molecular formula is C20H21ClN4O3. The highest BCUT2D eigenvalue weighted by molar-refractivity contribution is 6.30. The van der Waals surface area contributed by atoms with Crippen LogP contribution in [0.1, 0.15) is 17.4 Å². The van der Waals surface area contributed by atoms with Crippen molar-refractivity contribution in [3.8, 4) is 11.5 Å². The van der Waals surface area contributed by atoms with E-state index in [-0.39, 0.29) is 0 Å². The number of carbonyl (C=O) groups excluding carboxylic acids is 1. The number of nitrogens with one attached hydrogen (secondary N) is 2. The maximum atomic E-state index is 12.7. The summed E-state index contributed by atoms with van der Waals surface area (Å²) in [7, 11) is 5.02. The maximum Gasteiger partial charge on any atom is 0.320 e. The van der Waals surface area contributed by atoms with E-state index >= 15 is 0 Å². The van der Waals surface area contributed by atoms with Gasteiger partial charge in [-0.25, -0.2) is 9.78 Å². The summed E-state index contributed by atoms with van der Waals surface area (Å²) >= 11 is 5.99. The third-order valence-electron chi connectivity index (χ3n) is 4.18. The number of hydrogen-bond donors (Lipinski definition) is 2. The van der Waals surface area contributed by atoms with E-state index in [1.807, 2.05) is 29.9 Å². The third-order valence-corrected chi connectivity index (χ3v) is 4.42. The van der Waals surface area contributed by atoms with Gasteiger partial charge in [0.1, 0.15) is 23.4 Å². The van der Waals surface area contributed by atoms with Crippen LogP contribution < -0.4 is 20.1 Å². The summed E-state index contributed by atoms with van der Waals surface area (Å²) in [5.74, 6) is 1.90. The van der Waals surface area contributed by atoms with Crippen molar-refractivity contribution in [2.24, 2.45) is 7.05 Å². The first-order chi connectivity index (χ1) is 13.5. The Morgan fingerprint density at radius 2 is 1.86 bits per heavy atom. The fourth-order valence-corrected chi connectivity index (χ4v) is 3.00. The predicted octanol–water partition coefficient (Wildman–Crippen LogP) is 4.00. The molecule has 0 saturated heterocycles. The molecule has 7 nitrogen and oxygen atoms in total. The molecule has 0 aliphatic carbocycles. The normalized spacial score (nSPS) is 11.6. The predicted molar refractivity (Wildman–Crippen MR) is 108 cm³/mol. The van der Waals surface area contributed by atoms with Gasteiger partial charge in [0, 0.05) is 36.2 Å². The van der Waals surface area contributed by atoms with Gasteiger partial charge in [-0.3, -0.25) is 0 Å². The highest BCUT2D eigenvalue weighted by Gasteiger charge is 2.22. The van der Waals surface area contributed by atoms with E-state index in [1.165, 1.54) is 0 Å². The van der Waals surface area contributed by atoms with Crippen molar-refractivity contribution < 1.29 is 14.3 Å². The molecule has 3 rings (SSSR count). The van der Waals surface area contributed by atoms with E-state index in [0.29, 0.717) is 28.0 Å². The minimum Gasteiger partial charge on any atom is -0.497 e. The molecule has 0 aliphatic rings. The molecule has 0 bridgehead atoms. The zero-order chi connectivity index (χ0) is 20.1. The first-order valence-electron chi connectivity index (χ1n) is 8.53. The van der Waals surface area contributed by atoms with E-state index in [0.717, 1.165) is 5.56 Å². The Balaban J connectivity index is 1.92. The van der Waals surface area contributed by atoms with Gasteiger partial charge in [-0.2, -0.15) is 0 Å². The second-order valence-corrected chi connectivity index (χ2v) is 6.52. The topological polar surface area (TPSA) is 77.4 Å². The molecule has 2 amide bonds. The Morgan fingerprint density at radius 1 is 1.14 bits per heavy atom. The number of carbonyl (C=O) groups is 1. The molecule has 28 heavy (non-hydrogen) atoms. The Kier molecular flexibility index (Phi) is 6.06. The molecule has 1 atom stereocenters. The Morgan fingerprint density at radius 3 is 2.43 bits per heavy atom. The van der Waals surface area contributed by atoms with Crippen molar-refractivity contribution in [3.05, 3.63) is 71.3 Å². The second-order valence-electron chi connectivity index (χ2n) is 6.08. The number of anilines is 1. The van der Waals surface area contributed by atoms with Crippen LogP contribution in [0.15, 0.2) is 54.9 Å². The fourth-order valence-electron chi connectivity index (χ4n) is 2.81. The average molecular weight is 401 g/mol. The summed E-state index contributed by atoms with van der Waals surface area (Å²) in [5.41, 5.74) is 1.36. The zero-order valence-corrected chi connectivity index (χ0v) is 16.5. The second kappa shape index (κ2) is 8.67. The third kappa shape index (κ3) is 4.55. The largest absolute Gasteiger partial charge is 0.497 e. The molecule has 2 aromatic carbocycles. The smallest absolute Gasteiger partial charge is 0.320 e. The van der Waals surface area contributed by atoms with E-state index in [4.69, 9.17) is 21.1 Å². The van der Waals surface area contributed by atoms with Crippen LogP contribution in [0, 0.1) is 0 Å². The summed E-state index contributed by atoms with van der Waals surface area (Å²) in [6.07, 6.45) is 3.49. The molecule has 2 N–H and O–H groups in total. The number of hydrogen-bond acceptors (Lipinski definition) is 4. The highest BCUT2D eigenvalue weighted by Crippen LogP contribution is 2.29. The summed E-state index contributed by atoms with van der Waals surface area (Å²) < 4.78 is 12.6. The van der Waals surface area contributed by atoms with Gasteiger partial charge < -0.3 is 24.7 Å². The minimum atomic E-state index is -0.525. The Hall–Kier alpha value is -3.19. The van der Waals surface area contributed by atoms with Gasteiger partial charge in [0.05, 0.1) is 14.2 Å². The van der Waals surface area contributed by atoms with Crippen LogP contribution in [0.2, 0.25) is 5.02 Å². The molecule has 0 unspecified atom stereocenters. The SMILES string of the molecule is COc1cc(OC)cc([C@@H](NC(=O)Nc2cccc(Cl)c2)c2nccn2C)c1. The summed E-state index contributed by atoms with van der Waals surface area (Å²) in [6, 6.07) is 11.5. The minimum absolute atomic E-state index is 0.392. The summed E-state index contributed by atoms with van der Waals surface area (Å²) in [6.45, 7) is 0. The van der Waals surface area contributed by atoms with Crippen LogP contribution in [0.4, 0.5) is 10.5 Å². The summed E-state index contributed by atoms with van der Waals surface area (Å²) in [4.78, 5) is 17.1. The van der Waals surface area contributed by atoms with Crippen LogP contribution in [-0.2, 0) is 7.05 Å². The molecule has 0 aliphatic heterocycles. The molecule has 1 aromatic heterocycles. The summed E-state index contributed by atoms with van der Waals surface area (Å²) in [5, 5.41) is 6.29. The number of halogens is 1. The molecule has 0 spiro atoms. The lowest BCUT2D eigenvalue weighted by Crippen LogP contribution is -2.34. The van der Waals surface area contributed by atoms with E-state index in [9.17, 15) is 4.79 Å². The molecule has 0 radical (unpaired) electrons. The van der Waals surface area contributed by atoms with Gasteiger partial charge >= 0.3 is 6.03 Å². The van der Waals surface area contributed by atoms with Crippen molar-refractivity contribution in [2.45, 2.75) is 6.04 Å². The van der Waals surface area contributed by atoms with E-state index in [1.54, 1.807) is 50.7 Å². The van der Waals surface area contributed by atoms with E-state index in [2.05, 4.69) is 15.6 Å². The van der Waals surface area contributed by atoms with Gasteiger partial charge in [0.15, 0.2) is 0 Å². The number of benzene rings is 2. The number of amides is 2. The molecule has 3 aromatic rings. The first kappa shape index (κ1) is 19.6. The first-order valence-corrected chi connectivity index (χ1v) is 8.91. The van der Waals surface area contributed by atoms with Gasteiger partial charge in [0.25, 0.3) is 0 Å². The molecule has 146 valence electrons. The van der Waals surface area contributed by atoms with Crippen molar-refractivity contribution in [1.29, 1.82) is 0 Å². The number of nitrogens with zero attached hydrogens (tertiary/aromatic N) is 2. The van der Waals surface area contributed by atoms with Crippen molar-refractivity contribution >= 4 is 23.3 Å². The fraction of sp³-hybridized carbons (Fsp3) is 0.200. The molecule has 0 fully saturated rings. The lowest BCUT2D eigenvalue weighted by atomic mass is 10.1. The molecule has 8 heteroatoms. The number of imidazole rings is 1. The lowest BCUT2D eigenvalue weighted by molar-refractivity contribution is 0.249. The number of ether oxygens (including phenoxy) is 2. The van der Waals surface area contributed by atoms with Crippen molar-refractivity contribution in [2.75, 3.05) is 19.5 Å². The lowest BCUT2D eigenvalue weighted by Gasteiger charge is -2.21. The number of aryl methyl sites for hydroxylation is 1. The average Bonchev–Trinajstić information content (AvgIpc) is 3.11. The standard InChI is InChI=1S/C20H21ClN4O3/c1-25-8-7-22-19(25)18(13-9-16(27-2)12-17(10-13)28-3)24-20(26)23-15-6-4-5-14(21)11-15/h4-12,18H,1-3H3,(H2,23,24,26)/t18-/m1/s1. The Labute approximate surface area is 168 Å². The number of methoxy groups -OCH3 is 2. The van der Waals surface area contributed by atoms with Crippen molar-refractivity contribution in [3.63, 3.8) is 0 Å². The van der Waals surface area contributed by atoms with Gasteiger partial charge in [0.2, 0.25) is 0 Å². The van der Waals surface area contributed by atoms with Crippen LogP contribution in [0.5, 0.6) is 11.5 Å².